The summed E-state index contributed by atoms with van der Waals surface area (Å²) in [6.07, 6.45) is -2.93. The van der Waals surface area contributed by atoms with Crippen molar-refractivity contribution < 1.29 is 18.3 Å². The largest absolute Gasteiger partial charge is 0.392 e. The van der Waals surface area contributed by atoms with Gasteiger partial charge in [0.1, 0.15) is 0 Å². The second-order valence-corrected chi connectivity index (χ2v) is 2.34. The van der Waals surface area contributed by atoms with Gasteiger partial charge >= 0.3 is 0 Å². The third-order valence-corrected chi connectivity index (χ3v) is 1.50. The van der Waals surface area contributed by atoms with Crippen molar-refractivity contribution in [3.05, 3.63) is 33.5 Å². The van der Waals surface area contributed by atoms with Crippen molar-refractivity contribution in [3.8, 4) is 0 Å². The molecule has 72 valence electrons. The molecule has 0 saturated heterocycles. The van der Waals surface area contributed by atoms with Gasteiger partial charge < -0.3 is 10.1 Å². The molecule has 13 heavy (non-hydrogen) atoms. The number of hydrogen-bond donors (Lipinski definition) is 2. The third-order valence-electron chi connectivity index (χ3n) is 1.50. The van der Waals surface area contributed by atoms with Gasteiger partial charge in [-0.2, -0.15) is 0 Å². The lowest BCUT2D eigenvalue weighted by Gasteiger charge is -2.04. The van der Waals surface area contributed by atoms with Crippen molar-refractivity contribution in [1.82, 2.24) is 4.98 Å². The van der Waals surface area contributed by atoms with Crippen LogP contribution in [0.15, 0.2) is 10.9 Å². The first-order chi connectivity index (χ1) is 6.06. The molecule has 1 aromatic heterocycles. The Morgan fingerprint density at radius 3 is 2.62 bits per heavy atom. The van der Waals surface area contributed by atoms with Gasteiger partial charge in [0.25, 0.3) is 12.0 Å². The molecule has 0 saturated carbocycles. The highest BCUT2D eigenvalue weighted by atomic mass is 19.3. The Labute approximate surface area is 70.8 Å². The van der Waals surface area contributed by atoms with Crippen LogP contribution in [0.25, 0.3) is 0 Å². The van der Waals surface area contributed by atoms with Gasteiger partial charge in [-0.1, -0.05) is 0 Å². The van der Waals surface area contributed by atoms with Crippen molar-refractivity contribution in [3.63, 3.8) is 0 Å². The molecule has 0 atom stereocenters. The highest BCUT2D eigenvalue weighted by Crippen LogP contribution is 2.19. The van der Waals surface area contributed by atoms with Crippen LogP contribution in [0.3, 0.4) is 0 Å². The van der Waals surface area contributed by atoms with Crippen molar-refractivity contribution in [2.45, 2.75) is 13.0 Å². The maximum atomic E-state index is 12.5. The molecule has 3 nitrogen and oxygen atoms in total. The summed E-state index contributed by atoms with van der Waals surface area (Å²) in [5.74, 6) is -1.19. The van der Waals surface area contributed by atoms with Gasteiger partial charge in [0.15, 0.2) is 5.82 Å². The van der Waals surface area contributed by atoms with E-state index < -0.39 is 30.1 Å². The zero-order valence-electron chi connectivity index (χ0n) is 6.35. The maximum absolute atomic E-state index is 12.5. The first kappa shape index (κ1) is 9.79. The van der Waals surface area contributed by atoms with E-state index in [1.807, 2.05) is 0 Å². The summed E-state index contributed by atoms with van der Waals surface area (Å²) in [5.41, 5.74) is -2.27. The fourth-order valence-corrected chi connectivity index (χ4v) is 0.884. The van der Waals surface area contributed by atoms with E-state index in [0.717, 1.165) is 0 Å². The molecule has 6 heteroatoms. The van der Waals surface area contributed by atoms with E-state index >= 15 is 0 Å². The van der Waals surface area contributed by atoms with E-state index in [1.54, 1.807) is 4.98 Å². The number of aromatic amines is 1. The van der Waals surface area contributed by atoms with Crippen LogP contribution >= 0.6 is 0 Å². The number of pyridine rings is 1. The highest BCUT2D eigenvalue weighted by molar-refractivity contribution is 5.20. The van der Waals surface area contributed by atoms with Crippen molar-refractivity contribution in [1.29, 1.82) is 0 Å². The fourth-order valence-electron chi connectivity index (χ4n) is 0.884. The van der Waals surface area contributed by atoms with Crippen LogP contribution in [0.2, 0.25) is 0 Å². The summed E-state index contributed by atoms with van der Waals surface area (Å²) in [6.45, 7) is -0.743. The average Bonchev–Trinajstić information content (AvgIpc) is 2.08. The average molecular weight is 193 g/mol. The van der Waals surface area contributed by atoms with E-state index in [4.69, 9.17) is 5.11 Å². The zero-order valence-corrected chi connectivity index (χ0v) is 6.35. The van der Waals surface area contributed by atoms with E-state index in [0.29, 0.717) is 6.07 Å². The Bertz CT molecular complexity index is 361. The maximum Gasteiger partial charge on any atom is 0.284 e. The number of hydrogen-bond acceptors (Lipinski definition) is 2. The van der Waals surface area contributed by atoms with E-state index in [-0.39, 0.29) is 5.56 Å². The summed E-state index contributed by atoms with van der Waals surface area (Å²) >= 11 is 0. The number of aliphatic hydroxyl groups excluding tert-OH is 1. The lowest BCUT2D eigenvalue weighted by Crippen LogP contribution is -2.15. The minimum Gasteiger partial charge on any atom is -0.392 e. The minimum absolute atomic E-state index is 0.313. The molecule has 0 aliphatic carbocycles. The van der Waals surface area contributed by atoms with E-state index in [2.05, 4.69) is 0 Å². The van der Waals surface area contributed by atoms with Crippen LogP contribution in [0, 0.1) is 5.82 Å². The number of nitrogens with one attached hydrogen (secondary N) is 1. The summed E-state index contributed by atoms with van der Waals surface area (Å²) in [6, 6.07) is 0.598. The summed E-state index contributed by atoms with van der Waals surface area (Å²) in [4.78, 5) is 12.2. The molecule has 0 bridgehead atoms. The number of H-pyrrole nitrogens is 1. The van der Waals surface area contributed by atoms with Crippen LogP contribution < -0.4 is 5.56 Å². The zero-order chi connectivity index (χ0) is 10.0. The topological polar surface area (TPSA) is 53.1 Å². The lowest BCUT2D eigenvalue weighted by atomic mass is 10.2. The molecule has 0 aliphatic rings. The SMILES string of the molecule is O=c1[nH]c(C(F)F)c(CO)cc1F. The molecule has 0 radical (unpaired) electrons. The van der Waals surface area contributed by atoms with Crippen molar-refractivity contribution >= 4 is 0 Å². The Balaban J connectivity index is 3.33. The van der Waals surface area contributed by atoms with Gasteiger partial charge in [0, 0.05) is 5.56 Å². The summed E-state index contributed by atoms with van der Waals surface area (Å²) in [5, 5.41) is 8.56. The number of alkyl halides is 2. The van der Waals surface area contributed by atoms with Crippen LogP contribution in [-0.4, -0.2) is 10.1 Å². The molecule has 0 fully saturated rings. The Kier molecular flexibility index (Phi) is 2.72. The first-order valence-electron chi connectivity index (χ1n) is 3.37. The van der Waals surface area contributed by atoms with Crippen LogP contribution in [0.5, 0.6) is 0 Å². The Hall–Kier alpha value is -1.30. The van der Waals surface area contributed by atoms with E-state index in [1.165, 1.54) is 0 Å². The molecule has 0 spiro atoms. The second kappa shape index (κ2) is 3.61. The van der Waals surface area contributed by atoms with Crippen molar-refractivity contribution in [2.24, 2.45) is 0 Å². The first-order valence-corrected chi connectivity index (χ1v) is 3.37. The molecule has 0 aliphatic heterocycles. The molecular formula is C7H6F3NO2. The van der Waals surface area contributed by atoms with Gasteiger partial charge in [0.2, 0.25) is 0 Å². The van der Waals surface area contributed by atoms with Gasteiger partial charge in [-0.05, 0) is 6.07 Å². The second-order valence-electron chi connectivity index (χ2n) is 2.34. The van der Waals surface area contributed by atoms with Gasteiger partial charge in [-0.25, -0.2) is 13.2 Å². The molecule has 1 heterocycles. The number of rotatable bonds is 2. The fraction of sp³-hybridized carbons (Fsp3) is 0.286. The van der Waals surface area contributed by atoms with Crippen LogP contribution in [0.4, 0.5) is 13.2 Å². The molecule has 0 unspecified atom stereocenters. The summed E-state index contributed by atoms with van der Waals surface area (Å²) < 4.78 is 36.8. The summed E-state index contributed by atoms with van der Waals surface area (Å²) in [7, 11) is 0. The normalized spacial score (nSPS) is 10.8. The molecule has 0 amide bonds. The number of halogens is 3. The molecule has 1 aromatic rings. The van der Waals surface area contributed by atoms with E-state index in [9.17, 15) is 18.0 Å². The quantitative estimate of drug-likeness (QED) is 0.734. The smallest absolute Gasteiger partial charge is 0.284 e. The van der Waals surface area contributed by atoms with Crippen molar-refractivity contribution in [2.75, 3.05) is 0 Å². The minimum atomic E-state index is -2.93. The van der Waals surface area contributed by atoms with Gasteiger partial charge in [0.05, 0.1) is 12.3 Å². The molecule has 0 aromatic carbocycles. The monoisotopic (exact) mass is 193 g/mol. The predicted octanol–water partition coefficient (Wildman–Crippen LogP) is 0.944. The van der Waals surface area contributed by atoms with Gasteiger partial charge in [-0.15, -0.1) is 0 Å². The standard InChI is InChI=1S/C7H6F3NO2/c8-4-1-3(2-12)5(6(9)10)11-7(4)13/h1,6,12H,2H2,(H,11,13). The molecule has 2 N–H and O–H groups in total. The third kappa shape index (κ3) is 1.89. The van der Waals surface area contributed by atoms with Gasteiger partial charge in [-0.3, -0.25) is 4.79 Å². The predicted molar refractivity (Wildman–Crippen MR) is 37.9 cm³/mol. The number of aromatic nitrogens is 1. The Morgan fingerprint density at radius 1 is 1.54 bits per heavy atom. The number of aliphatic hydroxyl groups is 1. The molecule has 1 rings (SSSR count). The lowest BCUT2D eigenvalue weighted by molar-refractivity contribution is 0.141. The Morgan fingerprint density at radius 2 is 2.15 bits per heavy atom. The van der Waals surface area contributed by atoms with Crippen LogP contribution in [0.1, 0.15) is 17.7 Å². The van der Waals surface area contributed by atoms with Crippen LogP contribution in [-0.2, 0) is 6.61 Å². The molecular weight excluding hydrogens is 187 g/mol. The highest BCUT2D eigenvalue weighted by Gasteiger charge is 2.15.